The summed E-state index contributed by atoms with van der Waals surface area (Å²) in [6, 6.07) is 6.66. The van der Waals surface area contributed by atoms with Gasteiger partial charge in [0.15, 0.2) is 0 Å². The predicted octanol–water partition coefficient (Wildman–Crippen LogP) is 4.51. The van der Waals surface area contributed by atoms with Crippen molar-refractivity contribution in [2.45, 2.75) is 41.0 Å². The number of hydrogen-bond donors (Lipinski definition) is 0. The van der Waals surface area contributed by atoms with Gasteiger partial charge in [-0.25, -0.2) is 0 Å². The van der Waals surface area contributed by atoms with Crippen LogP contribution in [-0.4, -0.2) is 0 Å². The van der Waals surface area contributed by atoms with Crippen molar-refractivity contribution >= 4 is 5.57 Å². The Morgan fingerprint density at radius 1 is 1.14 bits per heavy atom. The number of hydrogen-bond acceptors (Lipinski definition) is 0. The Morgan fingerprint density at radius 3 is 2.36 bits per heavy atom. The molecule has 0 aliphatic carbocycles. The Balaban J connectivity index is 3.25. The number of aryl methyl sites for hydroxylation is 2. The molecule has 0 aromatic heterocycles. The van der Waals surface area contributed by atoms with E-state index in [1.165, 1.54) is 27.8 Å². The van der Waals surface area contributed by atoms with Gasteiger partial charge < -0.3 is 0 Å². The van der Waals surface area contributed by atoms with Crippen LogP contribution < -0.4 is 0 Å². The zero-order chi connectivity index (χ0) is 10.7. The second-order valence-electron chi connectivity index (χ2n) is 4.08. The summed E-state index contributed by atoms with van der Waals surface area (Å²) < 4.78 is 0. The van der Waals surface area contributed by atoms with Gasteiger partial charge in [0.25, 0.3) is 0 Å². The summed E-state index contributed by atoms with van der Waals surface area (Å²) in [5.41, 5.74) is 7.05. The van der Waals surface area contributed by atoms with Crippen LogP contribution in [0.2, 0.25) is 0 Å². The van der Waals surface area contributed by atoms with Crippen LogP contribution in [-0.2, 0) is 0 Å². The quantitative estimate of drug-likeness (QED) is 0.640. The summed E-state index contributed by atoms with van der Waals surface area (Å²) in [6.07, 6.45) is 1.14. The number of rotatable bonds is 2. The highest BCUT2D eigenvalue weighted by molar-refractivity contribution is 5.69. The Labute approximate surface area is 87.7 Å². The minimum Gasteiger partial charge on any atom is -0.0701 e. The highest BCUT2D eigenvalue weighted by Gasteiger charge is 2.03. The van der Waals surface area contributed by atoms with E-state index in [0.29, 0.717) is 0 Å². The van der Waals surface area contributed by atoms with Gasteiger partial charge in [0, 0.05) is 0 Å². The van der Waals surface area contributed by atoms with E-state index >= 15 is 0 Å². The van der Waals surface area contributed by atoms with Crippen molar-refractivity contribution in [1.82, 2.24) is 0 Å². The van der Waals surface area contributed by atoms with Gasteiger partial charge in [-0.05, 0) is 50.8 Å². The van der Waals surface area contributed by atoms with Gasteiger partial charge in [0.1, 0.15) is 0 Å². The maximum Gasteiger partial charge on any atom is -0.0196 e. The Morgan fingerprint density at radius 2 is 1.79 bits per heavy atom. The van der Waals surface area contributed by atoms with E-state index < -0.39 is 0 Å². The third-order valence-electron chi connectivity index (χ3n) is 2.97. The summed E-state index contributed by atoms with van der Waals surface area (Å²) in [5.74, 6) is 0. The van der Waals surface area contributed by atoms with Gasteiger partial charge in [-0.1, -0.05) is 36.3 Å². The largest absolute Gasteiger partial charge is 0.0701 e. The molecular weight excluding hydrogens is 168 g/mol. The standard InChI is InChI=1S/C14H20/c1-6-11(3)13(5)14-9-10(2)7-8-12(14)4/h7-9H,6H2,1-5H3. The smallest absolute Gasteiger partial charge is 0.0196 e. The first-order chi connectivity index (χ1) is 6.56. The van der Waals surface area contributed by atoms with E-state index in [1.54, 1.807) is 0 Å². The molecule has 1 rings (SSSR count). The van der Waals surface area contributed by atoms with Gasteiger partial charge in [0.2, 0.25) is 0 Å². The summed E-state index contributed by atoms with van der Waals surface area (Å²) in [6.45, 7) is 11.0. The van der Waals surface area contributed by atoms with Gasteiger partial charge in [-0.3, -0.25) is 0 Å². The van der Waals surface area contributed by atoms with Gasteiger partial charge in [-0.2, -0.15) is 0 Å². The van der Waals surface area contributed by atoms with E-state index in [2.05, 4.69) is 52.8 Å². The average Bonchev–Trinajstić information content (AvgIpc) is 2.19. The van der Waals surface area contributed by atoms with Crippen molar-refractivity contribution in [3.8, 4) is 0 Å². The molecule has 0 amide bonds. The lowest BCUT2D eigenvalue weighted by molar-refractivity contribution is 1.10. The average molecular weight is 188 g/mol. The van der Waals surface area contributed by atoms with Crippen LogP contribution in [0.5, 0.6) is 0 Å². The van der Waals surface area contributed by atoms with E-state index in [-0.39, 0.29) is 0 Å². The third-order valence-corrected chi connectivity index (χ3v) is 2.97. The van der Waals surface area contributed by atoms with Crippen molar-refractivity contribution < 1.29 is 0 Å². The van der Waals surface area contributed by atoms with Crippen molar-refractivity contribution in [2.75, 3.05) is 0 Å². The lowest BCUT2D eigenvalue weighted by Gasteiger charge is -2.10. The topological polar surface area (TPSA) is 0 Å². The first-order valence-electron chi connectivity index (χ1n) is 5.30. The molecule has 0 nitrogen and oxygen atoms in total. The normalized spacial score (nSPS) is 12.6. The molecule has 0 radical (unpaired) electrons. The molecule has 0 unspecified atom stereocenters. The maximum absolute atomic E-state index is 2.28. The van der Waals surface area contributed by atoms with Crippen LogP contribution in [0.3, 0.4) is 0 Å². The van der Waals surface area contributed by atoms with Crippen LogP contribution in [0.1, 0.15) is 43.9 Å². The van der Waals surface area contributed by atoms with Crippen LogP contribution >= 0.6 is 0 Å². The molecule has 1 aromatic rings. The molecule has 0 atom stereocenters. The molecular formula is C14H20. The second kappa shape index (κ2) is 4.45. The van der Waals surface area contributed by atoms with Gasteiger partial charge in [-0.15, -0.1) is 0 Å². The number of benzene rings is 1. The molecule has 14 heavy (non-hydrogen) atoms. The van der Waals surface area contributed by atoms with Crippen LogP contribution in [0.25, 0.3) is 5.57 Å². The maximum atomic E-state index is 2.28. The molecule has 0 spiro atoms. The summed E-state index contributed by atoms with van der Waals surface area (Å²) >= 11 is 0. The molecule has 0 heterocycles. The zero-order valence-corrected chi connectivity index (χ0v) is 9.94. The molecule has 1 aromatic carbocycles. The fraction of sp³-hybridized carbons (Fsp3) is 0.429. The highest BCUT2D eigenvalue weighted by atomic mass is 14.1. The second-order valence-corrected chi connectivity index (χ2v) is 4.08. The zero-order valence-electron chi connectivity index (χ0n) is 9.94. The Hall–Kier alpha value is -1.04. The van der Waals surface area contributed by atoms with Crippen molar-refractivity contribution in [3.05, 3.63) is 40.5 Å². The van der Waals surface area contributed by atoms with E-state index in [9.17, 15) is 0 Å². The SMILES string of the molecule is CCC(C)=C(C)c1cc(C)ccc1C. The Kier molecular flexibility index (Phi) is 3.51. The number of allylic oxidation sites excluding steroid dienone is 2. The van der Waals surface area contributed by atoms with E-state index in [0.717, 1.165) is 6.42 Å². The predicted molar refractivity (Wildman–Crippen MR) is 64.5 cm³/mol. The van der Waals surface area contributed by atoms with Crippen molar-refractivity contribution in [1.29, 1.82) is 0 Å². The minimum atomic E-state index is 1.14. The molecule has 76 valence electrons. The minimum absolute atomic E-state index is 1.14. The van der Waals surface area contributed by atoms with Crippen molar-refractivity contribution in [2.24, 2.45) is 0 Å². The fourth-order valence-electron chi connectivity index (χ4n) is 1.63. The molecule has 0 aliphatic rings. The summed E-state index contributed by atoms with van der Waals surface area (Å²) in [7, 11) is 0. The molecule has 0 fully saturated rings. The molecule has 0 saturated heterocycles. The third kappa shape index (κ3) is 2.25. The van der Waals surface area contributed by atoms with E-state index in [4.69, 9.17) is 0 Å². The molecule has 0 N–H and O–H groups in total. The Bertz CT molecular complexity index is 356. The lowest BCUT2D eigenvalue weighted by Crippen LogP contribution is -1.90. The van der Waals surface area contributed by atoms with Crippen molar-refractivity contribution in [3.63, 3.8) is 0 Å². The van der Waals surface area contributed by atoms with Crippen LogP contribution in [0, 0.1) is 13.8 Å². The van der Waals surface area contributed by atoms with Crippen LogP contribution in [0.15, 0.2) is 23.8 Å². The first-order valence-corrected chi connectivity index (χ1v) is 5.30. The molecule has 0 heteroatoms. The van der Waals surface area contributed by atoms with Gasteiger partial charge in [0.05, 0.1) is 0 Å². The molecule has 0 saturated carbocycles. The summed E-state index contributed by atoms with van der Waals surface area (Å²) in [4.78, 5) is 0. The lowest BCUT2D eigenvalue weighted by atomic mass is 9.95. The van der Waals surface area contributed by atoms with Crippen LogP contribution in [0.4, 0.5) is 0 Å². The van der Waals surface area contributed by atoms with E-state index in [1.807, 2.05) is 0 Å². The molecule has 0 bridgehead atoms. The molecule has 0 aliphatic heterocycles. The summed E-state index contributed by atoms with van der Waals surface area (Å²) in [5, 5.41) is 0. The first kappa shape index (κ1) is 11.0. The van der Waals surface area contributed by atoms with Gasteiger partial charge >= 0.3 is 0 Å². The highest BCUT2D eigenvalue weighted by Crippen LogP contribution is 2.24. The monoisotopic (exact) mass is 188 g/mol. The fourth-order valence-corrected chi connectivity index (χ4v) is 1.63.